The van der Waals surface area contributed by atoms with Crippen LogP contribution in [0, 0.1) is 0 Å². The molecule has 0 N–H and O–H groups in total. The Balaban J connectivity index is 1.85. The van der Waals surface area contributed by atoms with Crippen molar-refractivity contribution < 1.29 is 19.1 Å². The Bertz CT molecular complexity index is 1520. The summed E-state index contributed by atoms with van der Waals surface area (Å²) in [6.45, 7) is 7.17. The molecule has 37 heavy (non-hydrogen) atoms. The first kappa shape index (κ1) is 27.9. The Morgan fingerprint density at radius 3 is 2.59 bits per heavy atom. The molecule has 0 radical (unpaired) electrons. The molecule has 0 aliphatic heterocycles. The number of carbonyl (C=O) groups excluding carboxylic acids is 2. The maximum Gasteiger partial charge on any atom is 0.332 e. The maximum absolute atomic E-state index is 12.9. The third-order valence-corrected chi connectivity index (χ3v) is 5.89. The third kappa shape index (κ3) is 6.17. The van der Waals surface area contributed by atoms with Gasteiger partial charge in [-0.1, -0.05) is 25.5 Å². The lowest BCUT2D eigenvalue weighted by Gasteiger charge is -2.16. The Morgan fingerprint density at radius 1 is 1.22 bits per heavy atom. The van der Waals surface area contributed by atoms with Crippen LogP contribution in [-0.4, -0.2) is 37.0 Å². The minimum absolute atomic E-state index is 0.0184. The van der Waals surface area contributed by atoms with Gasteiger partial charge in [-0.2, -0.15) is 4.98 Å². The second-order valence-corrected chi connectivity index (χ2v) is 8.85. The lowest BCUT2D eigenvalue weighted by Crippen LogP contribution is -2.39. The summed E-state index contributed by atoms with van der Waals surface area (Å²) in [4.78, 5) is 53.8. The van der Waals surface area contributed by atoms with Crippen molar-refractivity contribution in [1.29, 1.82) is 0 Å². The molecule has 0 amide bonds. The van der Waals surface area contributed by atoms with Gasteiger partial charge in [-0.15, -0.1) is 5.73 Å². The van der Waals surface area contributed by atoms with Crippen molar-refractivity contribution in [2.75, 3.05) is 6.61 Å². The van der Waals surface area contributed by atoms with Crippen LogP contribution in [0.4, 0.5) is 0 Å². The van der Waals surface area contributed by atoms with Crippen LogP contribution in [0.5, 0.6) is 5.75 Å². The minimum atomic E-state index is -0.709. The average molecular weight is 529 g/mol. The summed E-state index contributed by atoms with van der Waals surface area (Å²) < 4.78 is 14.9. The van der Waals surface area contributed by atoms with E-state index < -0.39 is 23.4 Å². The highest BCUT2D eigenvalue weighted by atomic mass is 35.5. The first-order valence-electron chi connectivity index (χ1n) is 11.8. The summed E-state index contributed by atoms with van der Waals surface area (Å²) in [5.41, 5.74) is 3.12. The standard InChI is InChI=1S/C26H29ClN4O6/c1-6-7-14-30-23-22(24(34)29(5)26(30)35)31(25(27)28-23)17(3)36-15-16(2)12-13-20(33)19-10-8-9-11-21(19)37-18(4)32/h8-11,13,17H,6-7,14-15H2,1-5H3. The van der Waals surface area contributed by atoms with Crippen molar-refractivity contribution >= 4 is 34.5 Å². The average Bonchev–Trinajstić information content (AvgIpc) is 3.21. The SMILES string of the molecule is CCCCn1c(=O)n(C)c(=O)c2c1nc(Cl)n2C(C)OCC(C)=C=CC(=O)c1ccccc1OC(C)=O. The Kier molecular flexibility index (Phi) is 9.04. The second kappa shape index (κ2) is 12.0. The quantitative estimate of drug-likeness (QED) is 0.0981. The van der Waals surface area contributed by atoms with Gasteiger partial charge in [0.15, 0.2) is 16.9 Å². The molecule has 0 fully saturated rings. The van der Waals surface area contributed by atoms with E-state index in [1.807, 2.05) is 6.92 Å². The van der Waals surface area contributed by atoms with E-state index in [4.69, 9.17) is 21.1 Å². The number of ketones is 1. The van der Waals surface area contributed by atoms with Gasteiger partial charge in [0.25, 0.3) is 5.56 Å². The lowest BCUT2D eigenvalue weighted by molar-refractivity contribution is -0.131. The number of imidazole rings is 1. The Morgan fingerprint density at radius 2 is 1.92 bits per heavy atom. The fraction of sp³-hybridized carbons (Fsp3) is 0.385. The molecule has 0 bridgehead atoms. The molecule has 0 aliphatic carbocycles. The van der Waals surface area contributed by atoms with E-state index in [2.05, 4.69) is 10.7 Å². The van der Waals surface area contributed by atoms with Crippen LogP contribution in [0.1, 0.15) is 57.1 Å². The molecular weight excluding hydrogens is 500 g/mol. The van der Waals surface area contributed by atoms with Crippen molar-refractivity contribution in [3.8, 4) is 5.75 Å². The number of hydrogen-bond acceptors (Lipinski definition) is 7. The number of hydrogen-bond donors (Lipinski definition) is 0. The van der Waals surface area contributed by atoms with E-state index in [9.17, 15) is 19.2 Å². The lowest BCUT2D eigenvalue weighted by atomic mass is 10.1. The number of ether oxygens (including phenoxy) is 2. The number of halogens is 1. The predicted octanol–water partition coefficient (Wildman–Crippen LogP) is 3.79. The molecule has 2 heterocycles. The van der Waals surface area contributed by atoms with Crippen LogP contribution >= 0.6 is 11.6 Å². The Hall–Kier alpha value is -3.72. The minimum Gasteiger partial charge on any atom is -0.426 e. The zero-order valence-corrected chi connectivity index (χ0v) is 22.2. The first-order chi connectivity index (χ1) is 17.6. The number of fused-ring (bicyclic) bond motifs is 1. The number of carbonyl (C=O) groups is 2. The fourth-order valence-corrected chi connectivity index (χ4v) is 3.99. The topological polar surface area (TPSA) is 114 Å². The Labute approximate surface area is 218 Å². The van der Waals surface area contributed by atoms with E-state index in [0.29, 0.717) is 12.1 Å². The molecule has 1 unspecified atom stereocenters. The van der Waals surface area contributed by atoms with Crippen LogP contribution in [0.2, 0.25) is 5.28 Å². The second-order valence-electron chi connectivity index (χ2n) is 8.51. The predicted molar refractivity (Wildman–Crippen MR) is 139 cm³/mol. The summed E-state index contributed by atoms with van der Waals surface area (Å²) in [5.74, 6) is -0.746. The first-order valence-corrected chi connectivity index (χ1v) is 12.2. The number of aryl methyl sites for hydroxylation is 1. The molecule has 0 spiro atoms. The van der Waals surface area contributed by atoms with Crippen LogP contribution in [0.3, 0.4) is 0 Å². The van der Waals surface area contributed by atoms with Gasteiger partial charge < -0.3 is 9.47 Å². The van der Waals surface area contributed by atoms with Crippen molar-refractivity contribution in [1.82, 2.24) is 18.7 Å². The van der Waals surface area contributed by atoms with Gasteiger partial charge in [0.05, 0.1) is 12.2 Å². The smallest absolute Gasteiger partial charge is 0.332 e. The van der Waals surface area contributed by atoms with Crippen molar-refractivity contribution in [2.24, 2.45) is 7.05 Å². The molecule has 3 rings (SSSR count). The molecule has 0 saturated heterocycles. The maximum atomic E-state index is 12.9. The molecule has 0 saturated carbocycles. The number of unbranched alkanes of at least 4 members (excludes halogenated alkanes) is 1. The van der Waals surface area contributed by atoms with E-state index in [1.54, 1.807) is 32.0 Å². The van der Waals surface area contributed by atoms with Gasteiger partial charge in [-0.3, -0.25) is 28.1 Å². The number of rotatable bonds is 10. The zero-order valence-electron chi connectivity index (χ0n) is 21.4. The molecule has 0 aliphatic rings. The van der Waals surface area contributed by atoms with Crippen molar-refractivity contribution in [3.63, 3.8) is 0 Å². The van der Waals surface area contributed by atoms with Gasteiger partial charge in [0, 0.05) is 26.6 Å². The third-order valence-electron chi connectivity index (χ3n) is 5.63. The van der Waals surface area contributed by atoms with Crippen molar-refractivity contribution in [2.45, 2.75) is 53.3 Å². The van der Waals surface area contributed by atoms with Gasteiger partial charge >= 0.3 is 11.7 Å². The van der Waals surface area contributed by atoms with Gasteiger partial charge in [-0.25, -0.2) is 4.79 Å². The highest BCUT2D eigenvalue weighted by molar-refractivity contribution is 6.29. The number of para-hydroxylation sites is 1. The van der Waals surface area contributed by atoms with Crippen LogP contribution < -0.4 is 16.0 Å². The van der Waals surface area contributed by atoms with E-state index in [-0.39, 0.29) is 40.2 Å². The molecule has 10 nitrogen and oxygen atoms in total. The molecule has 3 aromatic rings. The largest absolute Gasteiger partial charge is 0.426 e. The number of nitrogens with zero attached hydrogens (tertiary/aromatic N) is 4. The monoisotopic (exact) mass is 528 g/mol. The molecule has 196 valence electrons. The van der Waals surface area contributed by atoms with Crippen LogP contribution in [0.25, 0.3) is 11.2 Å². The summed E-state index contributed by atoms with van der Waals surface area (Å²) in [6, 6.07) is 6.42. The van der Waals surface area contributed by atoms with Crippen LogP contribution in [0.15, 0.2) is 51.2 Å². The number of benzene rings is 1. The molecule has 1 atom stereocenters. The highest BCUT2D eigenvalue weighted by Gasteiger charge is 2.23. The molecule has 11 heteroatoms. The van der Waals surface area contributed by atoms with Crippen LogP contribution in [-0.2, 0) is 23.1 Å². The summed E-state index contributed by atoms with van der Waals surface area (Å²) in [5, 5.41) is 0.0184. The number of esters is 1. The summed E-state index contributed by atoms with van der Waals surface area (Å²) >= 11 is 6.38. The normalized spacial score (nSPS) is 11.7. The van der Waals surface area contributed by atoms with E-state index >= 15 is 0 Å². The van der Waals surface area contributed by atoms with Gasteiger partial charge in [-0.05, 0) is 49.6 Å². The highest BCUT2D eigenvalue weighted by Crippen LogP contribution is 2.23. The summed E-state index contributed by atoms with van der Waals surface area (Å²) in [7, 11) is 1.41. The molecule has 1 aromatic carbocycles. The van der Waals surface area contributed by atoms with Crippen molar-refractivity contribution in [3.05, 3.63) is 73.3 Å². The van der Waals surface area contributed by atoms with Gasteiger partial charge in [0.1, 0.15) is 12.0 Å². The number of aromatic nitrogens is 4. The van der Waals surface area contributed by atoms with E-state index in [0.717, 1.165) is 17.4 Å². The van der Waals surface area contributed by atoms with Gasteiger partial charge in [0.2, 0.25) is 5.28 Å². The van der Waals surface area contributed by atoms with E-state index in [1.165, 1.54) is 35.2 Å². The molecule has 2 aromatic heterocycles. The zero-order chi connectivity index (χ0) is 27.3. The summed E-state index contributed by atoms with van der Waals surface area (Å²) in [6.07, 6.45) is 2.14. The molecular formula is C26H29ClN4O6. The fourth-order valence-electron chi connectivity index (χ4n) is 3.69.